The minimum absolute atomic E-state index is 0.168. The minimum Gasteiger partial charge on any atom is -0.377 e. The predicted octanol–water partition coefficient (Wildman–Crippen LogP) is 6.08. The first kappa shape index (κ1) is 16.6. The highest BCUT2D eigenvalue weighted by molar-refractivity contribution is 6.34. The lowest BCUT2D eigenvalue weighted by atomic mass is 10.0. The van der Waals surface area contributed by atoms with Crippen LogP contribution in [0.2, 0.25) is 5.02 Å². The molecule has 0 aliphatic carbocycles. The van der Waals surface area contributed by atoms with Gasteiger partial charge in [0.15, 0.2) is 0 Å². The van der Waals surface area contributed by atoms with Crippen molar-refractivity contribution in [3.63, 3.8) is 0 Å². The van der Waals surface area contributed by atoms with Gasteiger partial charge in [0.25, 0.3) is 0 Å². The fourth-order valence-corrected chi connectivity index (χ4v) is 2.90. The Kier molecular flexibility index (Phi) is 4.37. The van der Waals surface area contributed by atoms with E-state index in [1.165, 1.54) is 18.3 Å². The zero-order chi connectivity index (χ0) is 17.3. The van der Waals surface area contributed by atoms with E-state index in [-0.39, 0.29) is 5.56 Å². The Morgan fingerprint density at radius 3 is 2.46 bits per heavy atom. The van der Waals surface area contributed by atoms with Crippen LogP contribution in [0.1, 0.15) is 24.1 Å². The Labute approximate surface area is 142 Å². The maximum atomic E-state index is 13.2. The molecular formula is C18H14ClF3N2. The molecule has 124 valence electrons. The van der Waals surface area contributed by atoms with E-state index in [4.69, 9.17) is 11.6 Å². The molecule has 0 saturated carbocycles. The topological polar surface area (TPSA) is 24.9 Å². The summed E-state index contributed by atoms with van der Waals surface area (Å²) in [6, 6.07) is 12.3. The third kappa shape index (κ3) is 3.17. The summed E-state index contributed by atoms with van der Waals surface area (Å²) in [5.74, 6) is 0. The van der Waals surface area contributed by atoms with Crippen molar-refractivity contribution in [1.29, 1.82) is 0 Å². The number of rotatable bonds is 3. The SMILES string of the molecule is C[C@@H](Nc1c(Cl)cnc2ccccc12)c1ccccc1C(F)(F)F. The van der Waals surface area contributed by atoms with Crippen LogP contribution in [0.3, 0.4) is 0 Å². The summed E-state index contributed by atoms with van der Waals surface area (Å²) < 4.78 is 39.6. The Morgan fingerprint density at radius 2 is 1.71 bits per heavy atom. The molecular weight excluding hydrogens is 337 g/mol. The molecule has 2 nitrogen and oxygen atoms in total. The molecule has 2 aromatic carbocycles. The van der Waals surface area contributed by atoms with Crippen LogP contribution in [0, 0.1) is 0 Å². The molecule has 1 aromatic heterocycles. The molecule has 0 unspecified atom stereocenters. The first-order chi connectivity index (χ1) is 11.4. The summed E-state index contributed by atoms with van der Waals surface area (Å²) in [7, 11) is 0. The van der Waals surface area contributed by atoms with Gasteiger partial charge in [-0.1, -0.05) is 48.0 Å². The largest absolute Gasteiger partial charge is 0.416 e. The van der Waals surface area contributed by atoms with Crippen LogP contribution in [-0.2, 0) is 6.18 Å². The van der Waals surface area contributed by atoms with Crippen LogP contribution >= 0.6 is 11.6 Å². The number of halogens is 4. The third-order valence-electron chi connectivity index (χ3n) is 3.82. The molecule has 3 aromatic rings. The van der Waals surface area contributed by atoms with Gasteiger partial charge in [0, 0.05) is 17.6 Å². The van der Waals surface area contributed by atoms with Crippen LogP contribution in [0.15, 0.2) is 54.7 Å². The number of fused-ring (bicyclic) bond motifs is 1. The maximum Gasteiger partial charge on any atom is 0.416 e. The average Bonchev–Trinajstić information content (AvgIpc) is 2.56. The number of nitrogens with zero attached hydrogens (tertiary/aromatic N) is 1. The zero-order valence-electron chi connectivity index (χ0n) is 12.7. The van der Waals surface area contributed by atoms with Gasteiger partial charge in [0.1, 0.15) is 0 Å². The average molecular weight is 351 g/mol. The number of hydrogen-bond acceptors (Lipinski definition) is 2. The molecule has 0 amide bonds. The number of aromatic nitrogens is 1. The molecule has 0 spiro atoms. The van der Waals surface area contributed by atoms with Crippen LogP contribution in [0.25, 0.3) is 10.9 Å². The second-order valence-electron chi connectivity index (χ2n) is 5.45. The second-order valence-corrected chi connectivity index (χ2v) is 5.86. The quantitative estimate of drug-likeness (QED) is 0.619. The molecule has 1 heterocycles. The number of para-hydroxylation sites is 1. The molecule has 0 fully saturated rings. The van der Waals surface area contributed by atoms with Gasteiger partial charge in [-0.25, -0.2) is 0 Å². The van der Waals surface area contributed by atoms with Crippen molar-refractivity contribution in [3.8, 4) is 0 Å². The van der Waals surface area contributed by atoms with E-state index in [0.717, 1.165) is 17.0 Å². The van der Waals surface area contributed by atoms with Crippen LogP contribution in [0.5, 0.6) is 0 Å². The van der Waals surface area contributed by atoms with E-state index < -0.39 is 17.8 Å². The predicted molar refractivity (Wildman–Crippen MR) is 90.2 cm³/mol. The van der Waals surface area contributed by atoms with Gasteiger partial charge in [-0.2, -0.15) is 13.2 Å². The van der Waals surface area contributed by atoms with E-state index in [9.17, 15) is 13.2 Å². The first-order valence-electron chi connectivity index (χ1n) is 7.34. The van der Waals surface area contributed by atoms with Crippen molar-refractivity contribution >= 4 is 28.2 Å². The van der Waals surface area contributed by atoms with Crippen molar-refractivity contribution in [1.82, 2.24) is 4.98 Å². The van der Waals surface area contributed by atoms with E-state index in [0.29, 0.717) is 10.7 Å². The first-order valence-corrected chi connectivity index (χ1v) is 7.71. The van der Waals surface area contributed by atoms with Gasteiger partial charge < -0.3 is 5.32 Å². The Hall–Kier alpha value is -2.27. The lowest BCUT2D eigenvalue weighted by molar-refractivity contribution is -0.138. The highest BCUT2D eigenvalue weighted by Crippen LogP contribution is 2.37. The van der Waals surface area contributed by atoms with E-state index >= 15 is 0 Å². The van der Waals surface area contributed by atoms with E-state index in [1.54, 1.807) is 13.0 Å². The summed E-state index contributed by atoms with van der Waals surface area (Å²) in [6.07, 6.45) is -2.91. The van der Waals surface area contributed by atoms with Crippen molar-refractivity contribution in [2.45, 2.75) is 19.1 Å². The smallest absolute Gasteiger partial charge is 0.377 e. The number of benzene rings is 2. The molecule has 1 atom stereocenters. The van der Waals surface area contributed by atoms with Gasteiger partial charge in [-0.05, 0) is 24.6 Å². The highest BCUT2D eigenvalue weighted by atomic mass is 35.5. The number of anilines is 1. The minimum atomic E-state index is -4.41. The van der Waals surface area contributed by atoms with Gasteiger partial charge in [0.2, 0.25) is 0 Å². The molecule has 1 N–H and O–H groups in total. The lowest BCUT2D eigenvalue weighted by Crippen LogP contribution is -2.15. The number of alkyl halides is 3. The Balaban J connectivity index is 2.03. The Morgan fingerprint density at radius 1 is 1.04 bits per heavy atom. The second kappa shape index (κ2) is 6.32. The molecule has 0 saturated heterocycles. The summed E-state index contributed by atoms with van der Waals surface area (Å²) in [4.78, 5) is 4.23. The van der Waals surface area contributed by atoms with E-state index in [2.05, 4.69) is 10.3 Å². The molecule has 24 heavy (non-hydrogen) atoms. The zero-order valence-corrected chi connectivity index (χ0v) is 13.5. The molecule has 6 heteroatoms. The molecule has 0 radical (unpaired) electrons. The van der Waals surface area contributed by atoms with Crippen LogP contribution < -0.4 is 5.32 Å². The number of nitrogens with one attached hydrogen (secondary N) is 1. The van der Waals surface area contributed by atoms with E-state index in [1.807, 2.05) is 24.3 Å². The fourth-order valence-electron chi connectivity index (χ4n) is 2.69. The third-order valence-corrected chi connectivity index (χ3v) is 4.11. The molecule has 0 bridgehead atoms. The van der Waals surface area contributed by atoms with Crippen molar-refractivity contribution in [2.75, 3.05) is 5.32 Å². The Bertz CT molecular complexity index is 878. The lowest BCUT2D eigenvalue weighted by Gasteiger charge is -2.21. The highest BCUT2D eigenvalue weighted by Gasteiger charge is 2.34. The monoisotopic (exact) mass is 350 g/mol. The van der Waals surface area contributed by atoms with Gasteiger partial charge >= 0.3 is 6.18 Å². The summed E-state index contributed by atoms with van der Waals surface area (Å²) >= 11 is 6.22. The van der Waals surface area contributed by atoms with Crippen molar-refractivity contribution in [3.05, 3.63) is 70.9 Å². The number of pyridine rings is 1. The fraction of sp³-hybridized carbons (Fsp3) is 0.167. The van der Waals surface area contributed by atoms with Crippen molar-refractivity contribution in [2.24, 2.45) is 0 Å². The van der Waals surface area contributed by atoms with Gasteiger partial charge in [-0.3, -0.25) is 4.98 Å². The summed E-state index contributed by atoms with van der Waals surface area (Å²) in [6.45, 7) is 1.68. The van der Waals surface area contributed by atoms with Crippen LogP contribution in [0.4, 0.5) is 18.9 Å². The standard InChI is InChI=1S/C18H14ClF3N2/c1-11(12-6-2-4-8-14(12)18(20,21)22)24-17-13-7-3-5-9-16(13)23-10-15(17)19/h2-11H,1H3,(H,23,24)/t11-/m1/s1. The summed E-state index contributed by atoms with van der Waals surface area (Å²) in [5, 5.41) is 4.24. The van der Waals surface area contributed by atoms with Crippen LogP contribution in [-0.4, -0.2) is 4.98 Å². The molecule has 0 aliphatic rings. The maximum absolute atomic E-state index is 13.2. The van der Waals surface area contributed by atoms with Gasteiger partial charge in [-0.15, -0.1) is 0 Å². The molecule has 0 aliphatic heterocycles. The normalized spacial score (nSPS) is 13.0. The summed E-state index contributed by atoms with van der Waals surface area (Å²) in [5.41, 5.74) is 0.814. The number of hydrogen-bond donors (Lipinski definition) is 1. The molecule has 3 rings (SSSR count). The van der Waals surface area contributed by atoms with Crippen molar-refractivity contribution < 1.29 is 13.2 Å². The van der Waals surface area contributed by atoms with Gasteiger partial charge in [0.05, 0.1) is 21.8 Å².